The van der Waals surface area contributed by atoms with Crippen molar-refractivity contribution >= 4 is 0 Å². The first-order chi connectivity index (χ1) is 8.02. The largest absolute Gasteiger partial charge is 0.428 e. The first kappa shape index (κ1) is 14.0. The summed E-state index contributed by atoms with van der Waals surface area (Å²) in [4.78, 5) is 11.4. The molecule has 2 atom stereocenters. The van der Waals surface area contributed by atoms with Crippen LogP contribution < -0.4 is 5.63 Å². The molecule has 0 saturated heterocycles. The van der Waals surface area contributed by atoms with Crippen molar-refractivity contribution in [1.82, 2.24) is 0 Å². The van der Waals surface area contributed by atoms with Gasteiger partial charge in [0.25, 0.3) is 0 Å². The molecule has 1 aromatic heterocycles. The summed E-state index contributed by atoms with van der Waals surface area (Å²) in [5, 5.41) is 0. The Bertz CT molecular complexity index is 392. The monoisotopic (exact) mass is 236 g/mol. The van der Waals surface area contributed by atoms with E-state index in [0.717, 1.165) is 18.1 Å². The van der Waals surface area contributed by atoms with E-state index >= 15 is 0 Å². The van der Waals surface area contributed by atoms with Gasteiger partial charge in [-0.15, -0.1) is 0 Å². The number of hydrogen-bond acceptors (Lipinski definition) is 2. The quantitative estimate of drug-likeness (QED) is 0.748. The van der Waals surface area contributed by atoms with Crippen LogP contribution in [0.2, 0.25) is 0 Å². The highest BCUT2D eigenvalue weighted by Crippen LogP contribution is 2.19. The van der Waals surface area contributed by atoms with Crippen molar-refractivity contribution in [2.24, 2.45) is 11.8 Å². The van der Waals surface area contributed by atoms with E-state index in [9.17, 15) is 4.79 Å². The lowest BCUT2D eigenvalue weighted by molar-refractivity contribution is 0.357. The molecule has 0 spiro atoms. The Kier molecular flexibility index (Phi) is 5.46. The van der Waals surface area contributed by atoms with E-state index in [1.54, 1.807) is 6.92 Å². The predicted octanol–water partition coefficient (Wildman–Crippen LogP) is 3.95. The lowest BCUT2D eigenvalue weighted by atomic mass is 9.91. The topological polar surface area (TPSA) is 30.2 Å². The lowest BCUT2D eigenvalue weighted by Crippen LogP contribution is -2.09. The van der Waals surface area contributed by atoms with Crippen molar-refractivity contribution in [1.29, 1.82) is 0 Å². The number of aryl methyl sites for hydroxylation is 1. The molecule has 2 heteroatoms. The van der Waals surface area contributed by atoms with Gasteiger partial charge in [-0.05, 0) is 37.3 Å². The standard InChI is InChI=1S/C15H24O2/c1-5-6-11(2)9-12(3)10-14-8-7-13(4)15(16)17-14/h7-8,11-12H,5-6,9-10H2,1-4H3. The Morgan fingerprint density at radius 3 is 2.53 bits per heavy atom. The molecule has 0 N–H and O–H groups in total. The third-order valence-electron chi connectivity index (χ3n) is 3.20. The maximum atomic E-state index is 11.4. The molecule has 0 aliphatic heterocycles. The van der Waals surface area contributed by atoms with Crippen molar-refractivity contribution in [3.63, 3.8) is 0 Å². The Morgan fingerprint density at radius 2 is 1.94 bits per heavy atom. The highest BCUT2D eigenvalue weighted by Gasteiger charge is 2.10. The second-order valence-electron chi connectivity index (χ2n) is 5.31. The molecule has 17 heavy (non-hydrogen) atoms. The molecule has 0 bridgehead atoms. The molecule has 1 aromatic rings. The SMILES string of the molecule is CCCC(C)CC(C)Cc1ccc(C)c(=O)o1. The minimum Gasteiger partial charge on any atom is -0.428 e. The predicted molar refractivity (Wildman–Crippen MR) is 71.3 cm³/mol. The van der Waals surface area contributed by atoms with E-state index in [-0.39, 0.29) is 5.63 Å². The second kappa shape index (κ2) is 6.63. The fourth-order valence-corrected chi connectivity index (χ4v) is 2.35. The zero-order chi connectivity index (χ0) is 12.8. The van der Waals surface area contributed by atoms with Gasteiger partial charge in [0.05, 0.1) is 0 Å². The highest BCUT2D eigenvalue weighted by molar-refractivity contribution is 5.09. The molecule has 0 aliphatic rings. The molecule has 0 fully saturated rings. The fraction of sp³-hybridized carbons (Fsp3) is 0.667. The van der Waals surface area contributed by atoms with Gasteiger partial charge in [-0.1, -0.05) is 33.6 Å². The minimum atomic E-state index is -0.198. The van der Waals surface area contributed by atoms with E-state index in [0.29, 0.717) is 11.5 Å². The van der Waals surface area contributed by atoms with Crippen LogP contribution in [-0.4, -0.2) is 0 Å². The van der Waals surface area contributed by atoms with Crippen LogP contribution in [0, 0.1) is 18.8 Å². The molecule has 0 amide bonds. The van der Waals surface area contributed by atoms with Crippen LogP contribution in [0.25, 0.3) is 0 Å². The van der Waals surface area contributed by atoms with E-state index in [2.05, 4.69) is 20.8 Å². The molecule has 0 aliphatic carbocycles. The van der Waals surface area contributed by atoms with Crippen LogP contribution in [0.15, 0.2) is 21.3 Å². The van der Waals surface area contributed by atoms with Gasteiger partial charge in [-0.3, -0.25) is 0 Å². The zero-order valence-electron chi connectivity index (χ0n) is 11.5. The van der Waals surface area contributed by atoms with E-state index < -0.39 is 0 Å². The Morgan fingerprint density at radius 1 is 1.24 bits per heavy atom. The summed E-state index contributed by atoms with van der Waals surface area (Å²) in [7, 11) is 0. The van der Waals surface area contributed by atoms with Gasteiger partial charge in [-0.2, -0.15) is 0 Å². The Balaban J connectivity index is 2.53. The average molecular weight is 236 g/mol. The Labute approximate surface area is 104 Å². The number of rotatable bonds is 6. The first-order valence-electron chi connectivity index (χ1n) is 6.62. The smallest absolute Gasteiger partial charge is 0.338 e. The molecular weight excluding hydrogens is 212 g/mol. The summed E-state index contributed by atoms with van der Waals surface area (Å²) >= 11 is 0. The zero-order valence-corrected chi connectivity index (χ0v) is 11.5. The summed E-state index contributed by atoms with van der Waals surface area (Å²) in [5.74, 6) is 2.14. The molecule has 96 valence electrons. The van der Waals surface area contributed by atoms with Crippen LogP contribution in [0.1, 0.15) is 51.4 Å². The fourth-order valence-electron chi connectivity index (χ4n) is 2.35. The maximum absolute atomic E-state index is 11.4. The van der Waals surface area contributed by atoms with Gasteiger partial charge in [-0.25, -0.2) is 4.79 Å². The van der Waals surface area contributed by atoms with Gasteiger partial charge in [0.1, 0.15) is 5.76 Å². The summed E-state index contributed by atoms with van der Waals surface area (Å²) < 4.78 is 5.26. The van der Waals surface area contributed by atoms with Crippen molar-refractivity contribution in [3.05, 3.63) is 33.9 Å². The minimum absolute atomic E-state index is 0.198. The van der Waals surface area contributed by atoms with Gasteiger partial charge in [0.2, 0.25) is 0 Å². The lowest BCUT2D eigenvalue weighted by Gasteiger charge is -2.15. The summed E-state index contributed by atoms with van der Waals surface area (Å²) in [6, 6.07) is 3.78. The molecule has 0 radical (unpaired) electrons. The van der Waals surface area contributed by atoms with Crippen LogP contribution in [0.5, 0.6) is 0 Å². The van der Waals surface area contributed by atoms with Crippen LogP contribution in [0.4, 0.5) is 0 Å². The molecular formula is C15H24O2. The average Bonchev–Trinajstić information content (AvgIpc) is 2.23. The van der Waals surface area contributed by atoms with Crippen LogP contribution in [0.3, 0.4) is 0 Å². The van der Waals surface area contributed by atoms with Crippen LogP contribution >= 0.6 is 0 Å². The molecule has 0 aromatic carbocycles. The maximum Gasteiger partial charge on any atom is 0.338 e. The summed E-state index contributed by atoms with van der Waals surface area (Å²) in [6.07, 6.45) is 4.59. The van der Waals surface area contributed by atoms with Crippen molar-refractivity contribution < 1.29 is 4.42 Å². The van der Waals surface area contributed by atoms with Gasteiger partial charge in [0.15, 0.2) is 0 Å². The van der Waals surface area contributed by atoms with Gasteiger partial charge < -0.3 is 4.42 Å². The molecule has 2 unspecified atom stereocenters. The third kappa shape index (κ3) is 4.76. The second-order valence-corrected chi connectivity index (χ2v) is 5.31. The van der Waals surface area contributed by atoms with Crippen molar-refractivity contribution in [3.8, 4) is 0 Å². The van der Waals surface area contributed by atoms with Crippen LogP contribution in [-0.2, 0) is 6.42 Å². The molecule has 2 nitrogen and oxygen atoms in total. The normalized spacial score (nSPS) is 14.6. The van der Waals surface area contributed by atoms with Gasteiger partial charge in [0, 0.05) is 12.0 Å². The van der Waals surface area contributed by atoms with E-state index in [1.165, 1.54) is 19.3 Å². The number of hydrogen-bond donors (Lipinski definition) is 0. The van der Waals surface area contributed by atoms with E-state index in [1.807, 2.05) is 12.1 Å². The molecule has 0 saturated carbocycles. The first-order valence-corrected chi connectivity index (χ1v) is 6.62. The van der Waals surface area contributed by atoms with E-state index in [4.69, 9.17) is 4.42 Å². The Hall–Kier alpha value is -1.05. The molecule has 1 heterocycles. The summed E-state index contributed by atoms with van der Waals surface area (Å²) in [5.41, 5.74) is 0.483. The molecule has 1 rings (SSSR count). The highest BCUT2D eigenvalue weighted by atomic mass is 16.4. The summed E-state index contributed by atoms with van der Waals surface area (Å²) in [6.45, 7) is 8.53. The van der Waals surface area contributed by atoms with Gasteiger partial charge >= 0.3 is 5.63 Å². The van der Waals surface area contributed by atoms with Crippen molar-refractivity contribution in [2.75, 3.05) is 0 Å². The van der Waals surface area contributed by atoms with Crippen molar-refractivity contribution in [2.45, 2.75) is 53.4 Å². The third-order valence-corrected chi connectivity index (χ3v) is 3.20.